The van der Waals surface area contributed by atoms with Crippen LogP contribution in [0.25, 0.3) is 0 Å². The maximum Gasteiger partial charge on any atom is 0.242 e. The summed E-state index contributed by atoms with van der Waals surface area (Å²) in [7, 11) is 0. The second-order valence-corrected chi connectivity index (χ2v) is 2.82. The molecule has 0 aliphatic carbocycles. The first-order chi connectivity index (χ1) is 5.19. The summed E-state index contributed by atoms with van der Waals surface area (Å²) >= 11 is 0. The van der Waals surface area contributed by atoms with Crippen molar-refractivity contribution in [3.05, 3.63) is 0 Å². The first-order valence-electron chi connectivity index (χ1n) is 3.84. The number of nitrogens with one attached hydrogen (secondary N) is 1. The molecule has 0 aromatic carbocycles. The van der Waals surface area contributed by atoms with Crippen LogP contribution >= 0.6 is 0 Å². The van der Waals surface area contributed by atoms with Crippen molar-refractivity contribution in [1.82, 2.24) is 5.32 Å². The van der Waals surface area contributed by atoms with Gasteiger partial charge in [0, 0.05) is 13.2 Å². The van der Waals surface area contributed by atoms with Gasteiger partial charge >= 0.3 is 0 Å². The smallest absolute Gasteiger partial charge is 0.242 e. The number of amides is 1. The molecule has 1 fully saturated rings. The van der Waals surface area contributed by atoms with E-state index in [9.17, 15) is 4.79 Å². The Balaban J connectivity index is 2.49. The lowest BCUT2D eigenvalue weighted by Gasteiger charge is -2.19. The molecule has 0 radical (unpaired) electrons. The van der Waals surface area contributed by atoms with E-state index in [4.69, 9.17) is 10.5 Å². The fourth-order valence-corrected chi connectivity index (χ4v) is 1.10. The fourth-order valence-electron chi connectivity index (χ4n) is 1.10. The van der Waals surface area contributed by atoms with E-state index in [1.165, 1.54) is 0 Å². The van der Waals surface area contributed by atoms with Crippen LogP contribution in [-0.2, 0) is 9.53 Å². The minimum absolute atomic E-state index is 0.0995. The normalized spacial score (nSPS) is 30.4. The lowest BCUT2D eigenvalue weighted by atomic mass is 9.99. The number of likely N-dealkylation sites (N-methyl/N-ethyl adjacent to an activating group) is 1. The average molecular weight is 158 g/mol. The molecular weight excluding hydrogens is 144 g/mol. The third kappa shape index (κ3) is 1.70. The SMILES string of the molecule is CCNC(=O)C1(N)CCOC1. The highest BCUT2D eigenvalue weighted by Crippen LogP contribution is 2.14. The molecule has 1 unspecified atom stereocenters. The van der Waals surface area contributed by atoms with Gasteiger partial charge in [0.2, 0.25) is 5.91 Å². The number of carbonyl (C=O) groups is 1. The lowest BCUT2D eigenvalue weighted by Crippen LogP contribution is -2.54. The highest BCUT2D eigenvalue weighted by molar-refractivity contribution is 5.86. The number of ether oxygens (including phenoxy) is 1. The van der Waals surface area contributed by atoms with Gasteiger partial charge in [-0.15, -0.1) is 0 Å². The van der Waals surface area contributed by atoms with Gasteiger partial charge in [0.05, 0.1) is 6.61 Å². The van der Waals surface area contributed by atoms with E-state index in [0.29, 0.717) is 26.2 Å². The van der Waals surface area contributed by atoms with Crippen molar-refractivity contribution < 1.29 is 9.53 Å². The first kappa shape index (κ1) is 8.49. The summed E-state index contributed by atoms with van der Waals surface area (Å²) in [4.78, 5) is 11.3. The van der Waals surface area contributed by atoms with Crippen molar-refractivity contribution in [1.29, 1.82) is 0 Å². The van der Waals surface area contributed by atoms with Gasteiger partial charge in [-0.25, -0.2) is 0 Å². The topological polar surface area (TPSA) is 64.4 Å². The van der Waals surface area contributed by atoms with Gasteiger partial charge in [0.15, 0.2) is 0 Å². The average Bonchev–Trinajstić information content (AvgIpc) is 2.38. The maximum atomic E-state index is 11.3. The summed E-state index contributed by atoms with van der Waals surface area (Å²) in [5.74, 6) is -0.0995. The molecule has 11 heavy (non-hydrogen) atoms. The Kier molecular flexibility index (Phi) is 2.46. The zero-order valence-electron chi connectivity index (χ0n) is 6.72. The van der Waals surface area contributed by atoms with Crippen LogP contribution in [0.5, 0.6) is 0 Å². The third-order valence-electron chi connectivity index (χ3n) is 1.84. The van der Waals surface area contributed by atoms with E-state index in [-0.39, 0.29) is 5.91 Å². The van der Waals surface area contributed by atoms with Crippen molar-refractivity contribution in [2.75, 3.05) is 19.8 Å². The minimum atomic E-state index is -0.768. The van der Waals surface area contributed by atoms with Crippen molar-refractivity contribution >= 4 is 5.91 Å². The van der Waals surface area contributed by atoms with Crippen LogP contribution in [0, 0.1) is 0 Å². The Morgan fingerprint density at radius 3 is 3.00 bits per heavy atom. The van der Waals surface area contributed by atoms with Crippen LogP contribution in [0.2, 0.25) is 0 Å². The fraction of sp³-hybridized carbons (Fsp3) is 0.857. The van der Waals surface area contributed by atoms with Crippen LogP contribution < -0.4 is 11.1 Å². The molecule has 4 heteroatoms. The molecule has 1 atom stereocenters. The van der Waals surface area contributed by atoms with Crippen LogP contribution in [0.4, 0.5) is 0 Å². The van der Waals surface area contributed by atoms with Crippen molar-refractivity contribution in [3.63, 3.8) is 0 Å². The molecule has 1 amide bonds. The van der Waals surface area contributed by atoms with Crippen molar-refractivity contribution in [2.45, 2.75) is 18.9 Å². The van der Waals surface area contributed by atoms with Gasteiger partial charge < -0.3 is 15.8 Å². The Morgan fingerprint density at radius 1 is 1.82 bits per heavy atom. The predicted molar refractivity (Wildman–Crippen MR) is 41.0 cm³/mol. The van der Waals surface area contributed by atoms with E-state index < -0.39 is 5.54 Å². The highest BCUT2D eigenvalue weighted by Gasteiger charge is 2.37. The van der Waals surface area contributed by atoms with Gasteiger partial charge in [-0.2, -0.15) is 0 Å². The monoisotopic (exact) mass is 158 g/mol. The second-order valence-electron chi connectivity index (χ2n) is 2.82. The Morgan fingerprint density at radius 2 is 2.55 bits per heavy atom. The van der Waals surface area contributed by atoms with E-state index in [1.54, 1.807) is 0 Å². The van der Waals surface area contributed by atoms with Gasteiger partial charge in [-0.3, -0.25) is 4.79 Å². The summed E-state index contributed by atoms with van der Waals surface area (Å²) in [6.45, 7) is 3.43. The Bertz CT molecular complexity index is 153. The first-order valence-corrected chi connectivity index (χ1v) is 3.84. The molecule has 1 aliphatic heterocycles. The molecule has 0 aromatic rings. The molecule has 0 bridgehead atoms. The number of carbonyl (C=O) groups excluding carboxylic acids is 1. The van der Waals surface area contributed by atoms with Crippen LogP contribution in [-0.4, -0.2) is 31.2 Å². The summed E-state index contributed by atoms with van der Waals surface area (Å²) in [5, 5.41) is 2.68. The Hall–Kier alpha value is -0.610. The van der Waals surface area contributed by atoms with E-state index in [0.717, 1.165) is 0 Å². The van der Waals surface area contributed by atoms with Crippen molar-refractivity contribution in [3.8, 4) is 0 Å². The van der Waals surface area contributed by atoms with Gasteiger partial charge in [0.1, 0.15) is 5.54 Å². The van der Waals surface area contributed by atoms with E-state index in [1.807, 2.05) is 6.92 Å². The van der Waals surface area contributed by atoms with E-state index in [2.05, 4.69) is 5.32 Å². The number of hydrogen-bond acceptors (Lipinski definition) is 3. The number of nitrogens with two attached hydrogens (primary N) is 1. The third-order valence-corrected chi connectivity index (χ3v) is 1.84. The molecule has 1 rings (SSSR count). The van der Waals surface area contributed by atoms with Crippen LogP contribution in [0.3, 0.4) is 0 Å². The molecule has 64 valence electrons. The number of hydrogen-bond donors (Lipinski definition) is 2. The van der Waals surface area contributed by atoms with Crippen molar-refractivity contribution in [2.24, 2.45) is 5.73 Å². The zero-order chi connectivity index (χ0) is 8.32. The summed E-state index contributed by atoms with van der Waals surface area (Å²) < 4.78 is 5.04. The summed E-state index contributed by atoms with van der Waals surface area (Å²) in [5.41, 5.74) is 4.98. The molecule has 1 aliphatic rings. The van der Waals surface area contributed by atoms with E-state index >= 15 is 0 Å². The van der Waals surface area contributed by atoms with Gasteiger partial charge in [-0.1, -0.05) is 0 Å². The molecule has 1 heterocycles. The van der Waals surface area contributed by atoms with Crippen LogP contribution in [0.15, 0.2) is 0 Å². The quantitative estimate of drug-likeness (QED) is 0.555. The molecule has 3 N–H and O–H groups in total. The lowest BCUT2D eigenvalue weighted by molar-refractivity contribution is -0.126. The Labute approximate surface area is 66.1 Å². The zero-order valence-corrected chi connectivity index (χ0v) is 6.72. The largest absolute Gasteiger partial charge is 0.379 e. The predicted octanol–water partition coefficient (Wildman–Crippen LogP) is -0.760. The molecular formula is C7H14N2O2. The van der Waals surface area contributed by atoms with Crippen LogP contribution in [0.1, 0.15) is 13.3 Å². The maximum absolute atomic E-state index is 11.3. The highest BCUT2D eigenvalue weighted by atomic mass is 16.5. The summed E-state index contributed by atoms with van der Waals surface area (Å²) in [6, 6.07) is 0. The second kappa shape index (κ2) is 3.19. The molecule has 1 saturated heterocycles. The standard InChI is InChI=1S/C7H14N2O2/c1-2-9-6(10)7(8)3-4-11-5-7/h2-5,8H2,1H3,(H,9,10). The minimum Gasteiger partial charge on any atom is -0.379 e. The molecule has 0 spiro atoms. The summed E-state index contributed by atoms with van der Waals surface area (Å²) in [6.07, 6.45) is 0.624. The van der Waals surface area contributed by atoms with Gasteiger partial charge in [0.25, 0.3) is 0 Å². The van der Waals surface area contributed by atoms with Gasteiger partial charge in [-0.05, 0) is 13.3 Å². The molecule has 4 nitrogen and oxygen atoms in total. The number of rotatable bonds is 2. The molecule has 0 aromatic heterocycles. The molecule has 0 saturated carbocycles.